The van der Waals surface area contributed by atoms with Crippen LogP contribution in [-0.4, -0.2) is 32.0 Å². The Labute approximate surface area is 160 Å². The summed E-state index contributed by atoms with van der Waals surface area (Å²) in [4.78, 5) is 26.2. The Morgan fingerprint density at radius 1 is 1.19 bits per heavy atom. The molecule has 2 amide bonds. The number of anilines is 2. The molecule has 2 aromatic carbocycles. The molecule has 0 aliphatic carbocycles. The second-order valence-corrected chi connectivity index (χ2v) is 6.60. The summed E-state index contributed by atoms with van der Waals surface area (Å²) in [5.41, 5.74) is 1.90. The summed E-state index contributed by atoms with van der Waals surface area (Å²) in [6.07, 6.45) is 0.118. The lowest BCUT2D eigenvalue weighted by Crippen LogP contribution is -2.28. The van der Waals surface area contributed by atoms with E-state index >= 15 is 0 Å². The maximum absolute atomic E-state index is 13.2. The van der Waals surface area contributed by atoms with Crippen LogP contribution in [0, 0.1) is 5.82 Å². The number of hydrogen-bond acceptors (Lipinski definition) is 3. The van der Waals surface area contributed by atoms with E-state index in [2.05, 4.69) is 31.5 Å². The Hall–Kier alpha value is -2.41. The van der Waals surface area contributed by atoms with Gasteiger partial charge in [-0.25, -0.2) is 4.39 Å². The van der Waals surface area contributed by atoms with Crippen molar-refractivity contribution in [2.24, 2.45) is 0 Å². The van der Waals surface area contributed by atoms with Gasteiger partial charge in [-0.05, 0) is 59.3 Å². The average molecular weight is 422 g/mol. The van der Waals surface area contributed by atoms with E-state index in [4.69, 9.17) is 0 Å². The highest BCUT2D eigenvalue weighted by Crippen LogP contribution is 2.19. The zero-order valence-electron chi connectivity index (χ0n) is 14.7. The molecule has 0 saturated carbocycles. The maximum Gasteiger partial charge on any atom is 0.252 e. The average Bonchev–Trinajstić information content (AvgIpc) is 2.63. The van der Waals surface area contributed by atoms with Gasteiger partial charge in [-0.1, -0.05) is 6.07 Å². The lowest BCUT2D eigenvalue weighted by molar-refractivity contribution is -0.116. The molecule has 0 unspecified atom stereocenters. The Balaban J connectivity index is 1.85. The normalized spacial score (nSPS) is 10.3. The molecular formula is C19H21BrFN3O2. The minimum Gasteiger partial charge on any atom is -0.375 e. The fraction of sp³-hybridized carbons (Fsp3) is 0.263. The number of amides is 2. The monoisotopic (exact) mass is 421 g/mol. The Bertz CT molecular complexity index is 798. The zero-order valence-corrected chi connectivity index (χ0v) is 16.3. The summed E-state index contributed by atoms with van der Waals surface area (Å²) in [6.45, 7) is 3.06. The minimum atomic E-state index is -0.493. The van der Waals surface area contributed by atoms with E-state index in [1.807, 2.05) is 38.2 Å². The predicted octanol–water partition coefficient (Wildman–Crippen LogP) is 3.80. The zero-order chi connectivity index (χ0) is 19.1. The van der Waals surface area contributed by atoms with Crippen LogP contribution in [0.5, 0.6) is 0 Å². The quantitative estimate of drug-likeness (QED) is 0.714. The van der Waals surface area contributed by atoms with Crippen molar-refractivity contribution in [3.8, 4) is 0 Å². The molecule has 0 bridgehead atoms. The lowest BCUT2D eigenvalue weighted by atomic mass is 10.2. The molecule has 0 spiro atoms. The van der Waals surface area contributed by atoms with E-state index in [1.165, 1.54) is 12.1 Å². The van der Waals surface area contributed by atoms with E-state index in [-0.39, 0.29) is 24.4 Å². The van der Waals surface area contributed by atoms with Gasteiger partial charge in [0.15, 0.2) is 0 Å². The molecule has 0 heterocycles. The summed E-state index contributed by atoms with van der Waals surface area (Å²) in [5.74, 6) is -1.14. The summed E-state index contributed by atoms with van der Waals surface area (Å²) >= 11 is 3.21. The molecule has 7 heteroatoms. The van der Waals surface area contributed by atoms with Crippen molar-refractivity contribution in [1.29, 1.82) is 0 Å². The molecule has 0 aliphatic heterocycles. The second kappa shape index (κ2) is 9.33. The van der Waals surface area contributed by atoms with Crippen LogP contribution < -0.4 is 15.5 Å². The van der Waals surface area contributed by atoms with Crippen LogP contribution in [0.2, 0.25) is 0 Å². The first kappa shape index (κ1) is 19.9. The molecule has 0 aromatic heterocycles. The standard InChI is InChI=1S/C19H21BrFN3O2/c1-3-24(2)15-6-4-5-14(12-15)23-18(25)9-10-22-19(26)16-11-13(21)7-8-17(16)20/h4-8,11-12H,3,9-10H2,1-2H3,(H,22,26)(H,23,25). The first-order chi connectivity index (χ1) is 12.4. The molecule has 138 valence electrons. The number of carbonyl (C=O) groups excluding carboxylic acids is 2. The third-order valence-corrected chi connectivity index (χ3v) is 4.55. The topological polar surface area (TPSA) is 61.4 Å². The van der Waals surface area contributed by atoms with E-state index < -0.39 is 11.7 Å². The maximum atomic E-state index is 13.2. The lowest BCUT2D eigenvalue weighted by Gasteiger charge is -2.17. The van der Waals surface area contributed by atoms with E-state index in [9.17, 15) is 14.0 Å². The van der Waals surface area contributed by atoms with Crippen LogP contribution in [-0.2, 0) is 4.79 Å². The van der Waals surface area contributed by atoms with Gasteiger partial charge in [0, 0.05) is 42.4 Å². The van der Waals surface area contributed by atoms with Gasteiger partial charge in [0.1, 0.15) is 5.82 Å². The minimum absolute atomic E-state index is 0.118. The third-order valence-electron chi connectivity index (χ3n) is 3.86. The van der Waals surface area contributed by atoms with Crippen molar-refractivity contribution in [3.63, 3.8) is 0 Å². The first-order valence-electron chi connectivity index (χ1n) is 8.25. The molecule has 0 atom stereocenters. The molecule has 0 radical (unpaired) electrons. The first-order valence-corrected chi connectivity index (χ1v) is 9.04. The second-order valence-electron chi connectivity index (χ2n) is 5.74. The van der Waals surface area contributed by atoms with Crippen LogP contribution in [0.3, 0.4) is 0 Å². The molecule has 5 nitrogen and oxygen atoms in total. The molecule has 0 saturated heterocycles. The van der Waals surface area contributed by atoms with Gasteiger partial charge in [-0.3, -0.25) is 9.59 Å². The van der Waals surface area contributed by atoms with Gasteiger partial charge in [0.25, 0.3) is 5.91 Å². The van der Waals surface area contributed by atoms with Crippen molar-refractivity contribution in [2.75, 3.05) is 30.4 Å². The number of hydrogen-bond donors (Lipinski definition) is 2. The summed E-state index contributed by atoms with van der Waals surface area (Å²) < 4.78 is 13.7. The van der Waals surface area contributed by atoms with Crippen LogP contribution in [0.15, 0.2) is 46.9 Å². The smallest absolute Gasteiger partial charge is 0.252 e. The fourth-order valence-electron chi connectivity index (χ4n) is 2.28. The number of nitrogens with zero attached hydrogens (tertiary/aromatic N) is 1. The summed E-state index contributed by atoms with van der Waals surface area (Å²) in [7, 11) is 1.97. The predicted molar refractivity (Wildman–Crippen MR) is 105 cm³/mol. The van der Waals surface area contributed by atoms with Gasteiger partial charge in [-0.15, -0.1) is 0 Å². The molecule has 0 fully saturated rings. The van der Waals surface area contributed by atoms with E-state index in [0.717, 1.165) is 18.3 Å². The van der Waals surface area contributed by atoms with Gasteiger partial charge < -0.3 is 15.5 Å². The molecule has 2 rings (SSSR count). The van der Waals surface area contributed by atoms with Crippen LogP contribution in [0.25, 0.3) is 0 Å². The number of benzene rings is 2. The van der Waals surface area contributed by atoms with Crippen molar-refractivity contribution in [1.82, 2.24) is 5.32 Å². The molecule has 0 aliphatic rings. The number of halogens is 2. The van der Waals surface area contributed by atoms with Crippen LogP contribution in [0.1, 0.15) is 23.7 Å². The van der Waals surface area contributed by atoms with Crippen molar-refractivity contribution in [2.45, 2.75) is 13.3 Å². The highest BCUT2D eigenvalue weighted by molar-refractivity contribution is 9.10. The molecule has 2 N–H and O–H groups in total. The number of carbonyl (C=O) groups is 2. The van der Waals surface area contributed by atoms with E-state index in [1.54, 1.807) is 0 Å². The molecule has 2 aromatic rings. The Kier molecular flexibility index (Phi) is 7.15. The van der Waals surface area contributed by atoms with Gasteiger partial charge in [-0.2, -0.15) is 0 Å². The highest BCUT2D eigenvalue weighted by atomic mass is 79.9. The van der Waals surface area contributed by atoms with Crippen molar-refractivity contribution in [3.05, 3.63) is 58.3 Å². The summed E-state index contributed by atoms with van der Waals surface area (Å²) in [6, 6.07) is 11.4. The fourth-order valence-corrected chi connectivity index (χ4v) is 2.71. The Morgan fingerprint density at radius 3 is 2.69 bits per heavy atom. The molecular weight excluding hydrogens is 401 g/mol. The Morgan fingerprint density at radius 2 is 1.96 bits per heavy atom. The number of rotatable bonds is 7. The van der Waals surface area contributed by atoms with Crippen LogP contribution >= 0.6 is 15.9 Å². The van der Waals surface area contributed by atoms with Gasteiger partial charge in [0.05, 0.1) is 5.56 Å². The largest absolute Gasteiger partial charge is 0.375 e. The SMILES string of the molecule is CCN(C)c1cccc(NC(=O)CCNC(=O)c2cc(F)ccc2Br)c1. The molecule has 26 heavy (non-hydrogen) atoms. The van der Waals surface area contributed by atoms with Crippen molar-refractivity contribution < 1.29 is 14.0 Å². The summed E-state index contributed by atoms with van der Waals surface area (Å²) in [5, 5.41) is 5.43. The number of nitrogens with one attached hydrogen (secondary N) is 2. The highest BCUT2D eigenvalue weighted by Gasteiger charge is 2.11. The van der Waals surface area contributed by atoms with Gasteiger partial charge in [0.2, 0.25) is 5.91 Å². The van der Waals surface area contributed by atoms with E-state index in [0.29, 0.717) is 10.2 Å². The van der Waals surface area contributed by atoms with Gasteiger partial charge >= 0.3 is 0 Å². The van der Waals surface area contributed by atoms with Crippen molar-refractivity contribution >= 4 is 39.1 Å². The van der Waals surface area contributed by atoms with Crippen LogP contribution in [0.4, 0.5) is 15.8 Å². The third kappa shape index (κ3) is 5.56.